The number of halogens is 1. The van der Waals surface area contributed by atoms with Gasteiger partial charge >= 0.3 is 6.09 Å². The molecule has 1 fully saturated rings. The molecule has 2 rings (SSSR count). The molecule has 6 nitrogen and oxygen atoms in total. The third kappa shape index (κ3) is 4.20. The Balaban J connectivity index is 1.97. The average Bonchev–Trinajstić information content (AvgIpc) is 2.85. The van der Waals surface area contributed by atoms with Gasteiger partial charge in [-0.05, 0) is 27.2 Å². The van der Waals surface area contributed by atoms with Crippen molar-refractivity contribution in [1.29, 1.82) is 0 Å². The highest BCUT2D eigenvalue weighted by molar-refractivity contribution is 6.29. The highest BCUT2D eigenvalue weighted by Crippen LogP contribution is 2.22. The molecule has 1 saturated heterocycles. The van der Waals surface area contributed by atoms with Gasteiger partial charge in [0.05, 0.1) is 0 Å². The zero-order chi connectivity index (χ0) is 15.6. The smallest absolute Gasteiger partial charge is 0.410 e. The Kier molecular flexibility index (Phi) is 4.56. The Morgan fingerprint density at radius 1 is 1.48 bits per heavy atom. The second-order valence-electron chi connectivity index (χ2n) is 6.18. The number of ether oxygens (including phenoxy) is 1. The maximum Gasteiger partial charge on any atom is 0.410 e. The van der Waals surface area contributed by atoms with Gasteiger partial charge in [-0.15, -0.1) is 0 Å². The number of carbonyl (C=O) groups is 1. The SMILES string of the molecule is CN(c1cc(Cl)ncn1)[C@@H]1CCN(C(=O)OC(C)(C)C)C1. The molecule has 0 saturated carbocycles. The van der Waals surface area contributed by atoms with Crippen LogP contribution in [-0.4, -0.2) is 52.7 Å². The average molecular weight is 313 g/mol. The van der Waals surface area contributed by atoms with Gasteiger partial charge in [-0.25, -0.2) is 14.8 Å². The maximum atomic E-state index is 12.1. The van der Waals surface area contributed by atoms with E-state index < -0.39 is 5.60 Å². The van der Waals surface area contributed by atoms with E-state index in [2.05, 4.69) is 9.97 Å². The summed E-state index contributed by atoms with van der Waals surface area (Å²) in [5, 5.41) is 0.411. The van der Waals surface area contributed by atoms with Gasteiger partial charge in [-0.1, -0.05) is 11.6 Å². The largest absolute Gasteiger partial charge is 0.444 e. The van der Waals surface area contributed by atoms with Crippen molar-refractivity contribution in [1.82, 2.24) is 14.9 Å². The zero-order valence-corrected chi connectivity index (χ0v) is 13.6. The number of amides is 1. The molecular weight excluding hydrogens is 292 g/mol. The van der Waals surface area contributed by atoms with Crippen LogP contribution in [0.5, 0.6) is 0 Å². The third-order valence-electron chi connectivity index (χ3n) is 3.34. The Bertz CT molecular complexity index is 518. The topological polar surface area (TPSA) is 58.6 Å². The standard InChI is InChI=1S/C14H21ClN4O2/c1-14(2,3)21-13(20)19-6-5-10(8-19)18(4)12-7-11(15)16-9-17-12/h7,9-10H,5-6,8H2,1-4H3/t10-/m1/s1. The summed E-state index contributed by atoms with van der Waals surface area (Å²) in [6.45, 7) is 6.91. The van der Waals surface area contributed by atoms with Crippen LogP contribution in [0, 0.1) is 0 Å². The monoisotopic (exact) mass is 312 g/mol. The van der Waals surface area contributed by atoms with E-state index in [1.54, 1.807) is 11.0 Å². The summed E-state index contributed by atoms with van der Waals surface area (Å²) in [5.41, 5.74) is -0.471. The molecule has 1 aromatic heterocycles. The fraction of sp³-hybridized carbons (Fsp3) is 0.643. The molecule has 0 aromatic carbocycles. The summed E-state index contributed by atoms with van der Waals surface area (Å²) >= 11 is 5.89. The summed E-state index contributed by atoms with van der Waals surface area (Å²) in [6.07, 6.45) is 2.05. The van der Waals surface area contributed by atoms with E-state index >= 15 is 0 Å². The van der Waals surface area contributed by atoms with Crippen LogP contribution in [0.4, 0.5) is 10.6 Å². The van der Waals surface area contributed by atoms with Crippen molar-refractivity contribution in [2.75, 3.05) is 25.0 Å². The normalized spacial score (nSPS) is 18.7. The number of likely N-dealkylation sites (tertiary alicyclic amines) is 1. The van der Waals surface area contributed by atoms with Crippen LogP contribution < -0.4 is 4.90 Å². The number of carbonyl (C=O) groups excluding carboxylic acids is 1. The van der Waals surface area contributed by atoms with E-state index in [9.17, 15) is 4.79 Å². The minimum Gasteiger partial charge on any atom is -0.444 e. The molecule has 1 amide bonds. The van der Waals surface area contributed by atoms with Gasteiger partial charge in [0, 0.05) is 32.2 Å². The van der Waals surface area contributed by atoms with E-state index in [1.165, 1.54) is 6.33 Å². The lowest BCUT2D eigenvalue weighted by Crippen LogP contribution is -2.39. The molecule has 0 aliphatic carbocycles. The Morgan fingerprint density at radius 2 is 2.19 bits per heavy atom. The second-order valence-corrected chi connectivity index (χ2v) is 6.57. The summed E-state index contributed by atoms with van der Waals surface area (Å²) in [4.78, 5) is 23.9. The first-order chi connectivity index (χ1) is 9.76. The molecule has 21 heavy (non-hydrogen) atoms. The van der Waals surface area contributed by atoms with Gasteiger partial charge in [-0.3, -0.25) is 0 Å². The van der Waals surface area contributed by atoms with Crippen molar-refractivity contribution in [2.45, 2.75) is 38.8 Å². The Hall–Kier alpha value is -1.56. The maximum absolute atomic E-state index is 12.1. The summed E-state index contributed by atoms with van der Waals surface area (Å²) in [6, 6.07) is 1.92. The first kappa shape index (κ1) is 15.8. The zero-order valence-electron chi connectivity index (χ0n) is 12.8. The number of hydrogen-bond donors (Lipinski definition) is 0. The van der Waals surface area contributed by atoms with Crippen molar-refractivity contribution >= 4 is 23.5 Å². The van der Waals surface area contributed by atoms with Crippen LogP contribution in [0.15, 0.2) is 12.4 Å². The molecule has 7 heteroatoms. The minimum atomic E-state index is -0.471. The highest BCUT2D eigenvalue weighted by Gasteiger charge is 2.32. The lowest BCUT2D eigenvalue weighted by atomic mass is 10.2. The molecule has 0 bridgehead atoms. The van der Waals surface area contributed by atoms with Gasteiger partial charge in [0.2, 0.25) is 0 Å². The number of likely N-dealkylation sites (N-methyl/N-ethyl adjacent to an activating group) is 1. The van der Waals surface area contributed by atoms with E-state index in [0.29, 0.717) is 18.2 Å². The number of rotatable bonds is 2. The lowest BCUT2D eigenvalue weighted by molar-refractivity contribution is 0.0292. The van der Waals surface area contributed by atoms with Crippen molar-refractivity contribution in [2.24, 2.45) is 0 Å². The van der Waals surface area contributed by atoms with E-state index in [-0.39, 0.29) is 12.1 Å². The van der Waals surface area contributed by atoms with Crippen LogP contribution in [0.25, 0.3) is 0 Å². The first-order valence-electron chi connectivity index (χ1n) is 6.94. The van der Waals surface area contributed by atoms with Crippen LogP contribution >= 0.6 is 11.6 Å². The molecule has 1 aromatic rings. The quantitative estimate of drug-likeness (QED) is 0.786. The van der Waals surface area contributed by atoms with E-state index in [1.807, 2.05) is 32.7 Å². The van der Waals surface area contributed by atoms with Crippen LogP contribution in [0.2, 0.25) is 5.15 Å². The fourth-order valence-corrected chi connectivity index (χ4v) is 2.40. The van der Waals surface area contributed by atoms with Gasteiger partial charge < -0.3 is 14.5 Å². The number of aromatic nitrogens is 2. The molecule has 0 radical (unpaired) electrons. The van der Waals surface area contributed by atoms with Crippen LogP contribution in [0.1, 0.15) is 27.2 Å². The molecule has 0 N–H and O–H groups in total. The van der Waals surface area contributed by atoms with Crippen LogP contribution in [0.3, 0.4) is 0 Å². The molecule has 0 spiro atoms. The molecule has 2 heterocycles. The number of hydrogen-bond acceptors (Lipinski definition) is 5. The van der Waals surface area contributed by atoms with E-state index in [0.717, 1.165) is 12.2 Å². The second kappa shape index (κ2) is 6.05. The van der Waals surface area contributed by atoms with Crippen molar-refractivity contribution in [3.63, 3.8) is 0 Å². The molecule has 1 atom stereocenters. The number of nitrogens with zero attached hydrogens (tertiary/aromatic N) is 4. The van der Waals surface area contributed by atoms with Gasteiger partial charge in [0.25, 0.3) is 0 Å². The molecule has 1 aliphatic heterocycles. The highest BCUT2D eigenvalue weighted by atomic mass is 35.5. The van der Waals surface area contributed by atoms with E-state index in [4.69, 9.17) is 16.3 Å². The minimum absolute atomic E-state index is 0.198. The van der Waals surface area contributed by atoms with Gasteiger partial charge in [0.15, 0.2) is 0 Å². The fourth-order valence-electron chi connectivity index (χ4n) is 2.25. The first-order valence-corrected chi connectivity index (χ1v) is 7.32. The van der Waals surface area contributed by atoms with Crippen molar-refractivity contribution in [3.05, 3.63) is 17.5 Å². The predicted molar refractivity (Wildman–Crippen MR) is 81.7 cm³/mol. The summed E-state index contributed by atoms with van der Waals surface area (Å²) in [5.74, 6) is 0.756. The predicted octanol–water partition coefficient (Wildman–Crippen LogP) is 2.58. The Morgan fingerprint density at radius 3 is 2.81 bits per heavy atom. The van der Waals surface area contributed by atoms with Crippen molar-refractivity contribution in [3.8, 4) is 0 Å². The lowest BCUT2D eigenvalue weighted by Gasteiger charge is -2.27. The summed E-state index contributed by atoms with van der Waals surface area (Å²) in [7, 11) is 1.95. The third-order valence-corrected chi connectivity index (χ3v) is 3.55. The van der Waals surface area contributed by atoms with Crippen LogP contribution in [-0.2, 0) is 4.74 Å². The number of anilines is 1. The molecular formula is C14H21ClN4O2. The molecule has 116 valence electrons. The van der Waals surface area contributed by atoms with Gasteiger partial charge in [0.1, 0.15) is 22.9 Å². The van der Waals surface area contributed by atoms with Crippen molar-refractivity contribution < 1.29 is 9.53 Å². The molecule has 1 aliphatic rings. The molecule has 0 unspecified atom stereocenters. The Labute approximate surface area is 130 Å². The summed E-state index contributed by atoms with van der Waals surface area (Å²) < 4.78 is 5.40. The van der Waals surface area contributed by atoms with Gasteiger partial charge in [-0.2, -0.15) is 0 Å².